The van der Waals surface area contributed by atoms with Crippen molar-refractivity contribution in [1.29, 1.82) is 0 Å². The highest BCUT2D eigenvalue weighted by atomic mass is 32.2. The van der Waals surface area contributed by atoms with Crippen LogP contribution >= 0.6 is 0 Å². The number of fused-ring (bicyclic) bond motifs is 3. The lowest BCUT2D eigenvalue weighted by Gasteiger charge is -2.13. The summed E-state index contributed by atoms with van der Waals surface area (Å²) in [6, 6.07) is 12.6. The van der Waals surface area contributed by atoms with Gasteiger partial charge in [0, 0.05) is 28.9 Å². The van der Waals surface area contributed by atoms with Crippen molar-refractivity contribution >= 4 is 49.1 Å². The fourth-order valence-corrected chi connectivity index (χ4v) is 3.62. The summed E-state index contributed by atoms with van der Waals surface area (Å²) >= 11 is 0. The highest BCUT2D eigenvalue weighted by Gasteiger charge is 2.18. The number of carbonyl (C=O) groups is 1. The molecule has 0 amide bonds. The third-order valence-electron chi connectivity index (χ3n) is 4.66. The molecule has 9 heteroatoms. The van der Waals surface area contributed by atoms with Crippen LogP contribution in [0.2, 0.25) is 0 Å². The predicted octanol–water partition coefficient (Wildman–Crippen LogP) is 3.42. The van der Waals surface area contributed by atoms with Crippen molar-refractivity contribution in [2.75, 3.05) is 18.7 Å². The lowest BCUT2D eigenvalue weighted by molar-refractivity contribution is 0.0601. The molecule has 2 aromatic carbocycles. The van der Waals surface area contributed by atoms with Gasteiger partial charge < -0.3 is 10.1 Å². The highest BCUT2D eigenvalue weighted by Crippen LogP contribution is 2.31. The molecule has 0 unspecified atom stereocenters. The predicted molar refractivity (Wildman–Crippen MR) is 114 cm³/mol. The summed E-state index contributed by atoms with van der Waals surface area (Å²) in [5.41, 5.74) is 3.03. The second kappa shape index (κ2) is 7.34. The second-order valence-electron chi connectivity index (χ2n) is 6.81. The average molecular weight is 422 g/mol. The maximum absolute atomic E-state index is 12.0. The van der Waals surface area contributed by atoms with E-state index >= 15 is 0 Å². The number of para-hydroxylation sites is 1. The van der Waals surface area contributed by atoms with Gasteiger partial charge in [-0.2, -0.15) is 0 Å². The molecule has 0 atom stereocenters. The molecule has 0 radical (unpaired) electrons. The summed E-state index contributed by atoms with van der Waals surface area (Å²) in [6.07, 6.45) is 2.52. The Morgan fingerprint density at radius 1 is 1.07 bits per heavy atom. The number of nitrogens with zero attached hydrogens (tertiary/aromatic N) is 3. The zero-order valence-electron chi connectivity index (χ0n) is 16.5. The molecule has 0 bridgehead atoms. The maximum atomic E-state index is 12.0. The first kappa shape index (κ1) is 19.7. The van der Waals surface area contributed by atoms with Gasteiger partial charge in [-0.3, -0.25) is 0 Å². The zero-order chi connectivity index (χ0) is 21.5. The van der Waals surface area contributed by atoms with E-state index in [0.29, 0.717) is 33.2 Å². The Morgan fingerprint density at radius 3 is 2.53 bits per heavy atom. The van der Waals surface area contributed by atoms with Crippen molar-refractivity contribution in [3.05, 3.63) is 59.8 Å². The summed E-state index contributed by atoms with van der Waals surface area (Å²) in [5, 5.41) is 4.25. The Kier molecular flexibility index (Phi) is 4.83. The fraction of sp³-hybridized carbons (Fsp3) is 0.143. The molecule has 152 valence electrons. The molecule has 4 rings (SSSR count). The number of rotatable bonds is 4. The largest absolute Gasteiger partial charge is 0.465 e. The van der Waals surface area contributed by atoms with E-state index in [1.54, 1.807) is 18.2 Å². The number of hydrogen-bond acceptors (Lipinski definition) is 8. The summed E-state index contributed by atoms with van der Waals surface area (Å²) in [5.74, 6) is -0.114. The molecule has 0 fully saturated rings. The average Bonchev–Trinajstić information content (AvgIpc) is 2.73. The van der Waals surface area contributed by atoms with Crippen LogP contribution in [-0.4, -0.2) is 42.7 Å². The third kappa shape index (κ3) is 3.55. The van der Waals surface area contributed by atoms with Gasteiger partial charge in [0.25, 0.3) is 0 Å². The van der Waals surface area contributed by atoms with E-state index in [-0.39, 0.29) is 5.16 Å². The number of ether oxygens (including phenoxy) is 1. The molecule has 0 aliphatic rings. The molecule has 0 aliphatic heterocycles. The Labute approximate surface area is 172 Å². The van der Waals surface area contributed by atoms with Gasteiger partial charge in [-0.15, -0.1) is 0 Å². The van der Waals surface area contributed by atoms with Gasteiger partial charge in [0.2, 0.25) is 15.0 Å². The number of benzene rings is 2. The second-order valence-corrected chi connectivity index (χ2v) is 8.72. The van der Waals surface area contributed by atoms with Crippen LogP contribution in [0.15, 0.2) is 53.8 Å². The van der Waals surface area contributed by atoms with Crippen LogP contribution in [-0.2, 0) is 14.6 Å². The molecule has 0 saturated carbocycles. The van der Waals surface area contributed by atoms with E-state index in [1.165, 1.54) is 13.3 Å². The number of esters is 1. The monoisotopic (exact) mass is 422 g/mol. The van der Waals surface area contributed by atoms with Gasteiger partial charge in [-0.1, -0.05) is 24.3 Å². The van der Waals surface area contributed by atoms with E-state index in [0.717, 1.165) is 17.5 Å². The summed E-state index contributed by atoms with van der Waals surface area (Å²) in [7, 11) is -2.29. The fourth-order valence-electron chi connectivity index (χ4n) is 3.12. The van der Waals surface area contributed by atoms with E-state index < -0.39 is 15.8 Å². The van der Waals surface area contributed by atoms with Crippen LogP contribution in [0, 0.1) is 6.92 Å². The van der Waals surface area contributed by atoms with Crippen LogP contribution in [0.5, 0.6) is 0 Å². The minimum atomic E-state index is -3.61. The van der Waals surface area contributed by atoms with Gasteiger partial charge >= 0.3 is 5.97 Å². The summed E-state index contributed by atoms with van der Waals surface area (Å²) < 4.78 is 28.8. The SMILES string of the molecule is COC(=O)c1ccc2c(c1)nc(Nc1ccccc1C)c1nc(S(C)(=O)=O)ncc12. The molecule has 0 aliphatic carbocycles. The van der Waals surface area contributed by atoms with Crippen molar-refractivity contribution in [3.8, 4) is 0 Å². The van der Waals surface area contributed by atoms with E-state index in [9.17, 15) is 13.2 Å². The molecule has 4 aromatic rings. The minimum absolute atomic E-state index is 0.282. The number of aromatic nitrogens is 3. The van der Waals surface area contributed by atoms with Crippen LogP contribution in [0.4, 0.5) is 11.5 Å². The zero-order valence-corrected chi connectivity index (χ0v) is 17.3. The van der Waals surface area contributed by atoms with Crippen molar-refractivity contribution in [3.63, 3.8) is 0 Å². The molecule has 0 saturated heterocycles. The Morgan fingerprint density at radius 2 is 1.83 bits per heavy atom. The van der Waals surface area contributed by atoms with Crippen LogP contribution in [0.25, 0.3) is 21.8 Å². The van der Waals surface area contributed by atoms with Crippen molar-refractivity contribution in [2.45, 2.75) is 12.1 Å². The van der Waals surface area contributed by atoms with E-state index in [1.807, 2.05) is 31.2 Å². The number of aryl methyl sites for hydroxylation is 1. The summed E-state index contributed by atoms with van der Waals surface area (Å²) in [6.45, 7) is 1.94. The third-order valence-corrected chi connectivity index (χ3v) is 5.52. The first-order valence-electron chi connectivity index (χ1n) is 8.99. The van der Waals surface area contributed by atoms with E-state index in [4.69, 9.17) is 4.74 Å². The van der Waals surface area contributed by atoms with Crippen molar-refractivity contribution < 1.29 is 17.9 Å². The Balaban J connectivity index is 2.02. The molecule has 0 spiro atoms. The van der Waals surface area contributed by atoms with Crippen LogP contribution < -0.4 is 5.32 Å². The molecular weight excluding hydrogens is 404 g/mol. The lowest BCUT2D eigenvalue weighted by Crippen LogP contribution is -2.07. The number of hydrogen-bond donors (Lipinski definition) is 1. The number of pyridine rings is 1. The number of anilines is 2. The van der Waals surface area contributed by atoms with Crippen molar-refractivity contribution in [2.24, 2.45) is 0 Å². The molecule has 2 heterocycles. The molecule has 2 aromatic heterocycles. The molecule has 30 heavy (non-hydrogen) atoms. The summed E-state index contributed by atoms with van der Waals surface area (Å²) in [4.78, 5) is 24.9. The molecule has 1 N–H and O–H groups in total. The Bertz CT molecular complexity index is 1420. The standard InChI is InChI=1S/C21H18N4O4S/c1-12-6-4-5-7-16(12)23-19-18-15(11-22-21(25-18)30(3,27)28)14-9-8-13(20(26)29-2)10-17(14)24-19/h4-11H,1-3H3,(H,23,24). The quantitative estimate of drug-likeness (QED) is 0.303. The van der Waals surface area contributed by atoms with Gasteiger partial charge in [0.15, 0.2) is 5.82 Å². The lowest BCUT2D eigenvalue weighted by atomic mass is 10.1. The number of nitrogens with one attached hydrogen (secondary N) is 1. The van der Waals surface area contributed by atoms with Gasteiger partial charge in [-0.25, -0.2) is 28.2 Å². The van der Waals surface area contributed by atoms with Crippen molar-refractivity contribution in [1.82, 2.24) is 15.0 Å². The first-order chi connectivity index (χ1) is 14.3. The van der Waals surface area contributed by atoms with Gasteiger partial charge in [0.05, 0.1) is 18.2 Å². The topological polar surface area (TPSA) is 111 Å². The first-order valence-corrected chi connectivity index (χ1v) is 10.9. The molecule has 8 nitrogen and oxygen atoms in total. The smallest absolute Gasteiger partial charge is 0.337 e. The van der Waals surface area contributed by atoms with E-state index in [2.05, 4.69) is 20.3 Å². The van der Waals surface area contributed by atoms with Crippen LogP contribution in [0.1, 0.15) is 15.9 Å². The maximum Gasteiger partial charge on any atom is 0.337 e. The number of methoxy groups -OCH3 is 1. The Hall–Kier alpha value is -3.59. The highest BCUT2D eigenvalue weighted by molar-refractivity contribution is 7.90. The normalized spacial score (nSPS) is 11.6. The minimum Gasteiger partial charge on any atom is -0.465 e. The van der Waals surface area contributed by atoms with Gasteiger partial charge in [0.1, 0.15) is 5.52 Å². The molecular formula is C21H18N4O4S. The number of carbonyl (C=O) groups excluding carboxylic acids is 1. The van der Waals surface area contributed by atoms with Gasteiger partial charge in [-0.05, 0) is 30.7 Å². The van der Waals surface area contributed by atoms with Crippen LogP contribution in [0.3, 0.4) is 0 Å². The number of sulfone groups is 1.